The summed E-state index contributed by atoms with van der Waals surface area (Å²) in [6.07, 6.45) is 7.71. The molecule has 4 rings (SSSR count). The van der Waals surface area contributed by atoms with E-state index in [0.29, 0.717) is 12.4 Å². The number of sulfonamides is 1. The van der Waals surface area contributed by atoms with Crippen LogP contribution in [0.25, 0.3) is 11.0 Å². The summed E-state index contributed by atoms with van der Waals surface area (Å²) in [5.74, 6) is 0.733. The normalized spacial score (nSPS) is 23.8. The van der Waals surface area contributed by atoms with Gasteiger partial charge < -0.3 is 9.88 Å². The lowest BCUT2D eigenvalue weighted by Crippen LogP contribution is -2.39. The van der Waals surface area contributed by atoms with Crippen molar-refractivity contribution < 1.29 is 13.2 Å². The lowest BCUT2D eigenvalue weighted by atomic mass is 9.92. The van der Waals surface area contributed by atoms with Crippen LogP contribution < -0.4 is 10.0 Å². The van der Waals surface area contributed by atoms with Crippen molar-refractivity contribution in [2.75, 3.05) is 11.6 Å². The molecule has 2 N–H and O–H groups in total. The van der Waals surface area contributed by atoms with Crippen LogP contribution in [0.5, 0.6) is 0 Å². The molecule has 1 aliphatic carbocycles. The van der Waals surface area contributed by atoms with Gasteiger partial charge >= 0.3 is 0 Å². The van der Waals surface area contributed by atoms with Crippen molar-refractivity contribution in [3.63, 3.8) is 0 Å². The minimum absolute atomic E-state index is 0.00936. The van der Waals surface area contributed by atoms with Crippen LogP contribution in [0.15, 0.2) is 12.3 Å². The third kappa shape index (κ3) is 3.59. The van der Waals surface area contributed by atoms with Gasteiger partial charge in [-0.05, 0) is 38.2 Å². The molecule has 1 fully saturated rings. The summed E-state index contributed by atoms with van der Waals surface area (Å²) in [6, 6.07) is 2.11. The number of nitrogens with zero attached hydrogens (tertiary/aromatic N) is 3. The third-order valence-corrected chi connectivity index (χ3v) is 5.91. The maximum atomic E-state index is 12.1. The Morgan fingerprint density at radius 2 is 1.92 bits per heavy atom. The lowest BCUT2D eigenvalue weighted by Gasteiger charge is -2.29. The highest BCUT2D eigenvalue weighted by Gasteiger charge is 2.25. The number of ketones is 1. The van der Waals surface area contributed by atoms with Gasteiger partial charge in [-0.15, -0.1) is 0 Å². The van der Waals surface area contributed by atoms with Gasteiger partial charge in [-0.2, -0.15) is 4.98 Å². The predicted octanol–water partition coefficient (Wildman–Crippen LogP) is 1.68. The van der Waals surface area contributed by atoms with Gasteiger partial charge in [-0.3, -0.25) is 4.79 Å². The molecule has 2 aromatic rings. The van der Waals surface area contributed by atoms with E-state index >= 15 is 0 Å². The van der Waals surface area contributed by atoms with Gasteiger partial charge in [-0.25, -0.2) is 18.1 Å². The zero-order valence-corrected chi connectivity index (χ0v) is 15.6. The van der Waals surface area contributed by atoms with Crippen LogP contribution in [0.3, 0.4) is 0 Å². The molecule has 0 radical (unpaired) electrons. The summed E-state index contributed by atoms with van der Waals surface area (Å²) in [5, 5.41) is 4.26. The molecule has 2 aliphatic rings. The van der Waals surface area contributed by atoms with Gasteiger partial charge in [0.2, 0.25) is 16.0 Å². The molecule has 2 aromatic heterocycles. The third-order valence-electron chi connectivity index (χ3n) is 5.15. The molecule has 140 valence electrons. The van der Waals surface area contributed by atoms with Gasteiger partial charge in [-0.1, -0.05) is 0 Å². The average Bonchev–Trinajstić information content (AvgIpc) is 2.95. The summed E-state index contributed by atoms with van der Waals surface area (Å²) in [7, 11) is -3.16. The second-order valence-electron chi connectivity index (χ2n) is 7.26. The molecular weight excluding hydrogens is 354 g/mol. The molecule has 0 unspecified atom stereocenters. The molecule has 1 saturated carbocycles. The number of carbonyl (C=O) groups is 1. The van der Waals surface area contributed by atoms with Crippen molar-refractivity contribution in [3.8, 4) is 0 Å². The summed E-state index contributed by atoms with van der Waals surface area (Å²) < 4.78 is 27.3. The Bertz CT molecular complexity index is 945. The highest BCUT2D eigenvalue weighted by atomic mass is 32.2. The second-order valence-corrected chi connectivity index (χ2v) is 9.04. The first-order chi connectivity index (χ1) is 12.4. The Morgan fingerprint density at radius 3 is 2.65 bits per heavy atom. The van der Waals surface area contributed by atoms with Crippen LogP contribution in [-0.2, 0) is 16.6 Å². The molecule has 1 aliphatic heterocycles. The van der Waals surface area contributed by atoms with Crippen molar-refractivity contribution in [2.24, 2.45) is 0 Å². The highest BCUT2D eigenvalue weighted by molar-refractivity contribution is 7.88. The van der Waals surface area contributed by atoms with Gasteiger partial charge in [0.05, 0.1) is 11.9 Å². The number of nitrogens with one attached hydrogen (secondary N) is 2. The molecule has 0 aromatic carbocycles. The van der Waals surface area contributed by atoms with E-state index in [0.717, 1.165) is 55.4 Å². The Hall–Kier alpha value is -2.00. The SMILES string of the molecule is CS(=O)(=O)NC1CCC(Nc2ncc3cc4n(c3n2)CCCC4=O)CC1. The molecule has 0 amide bonds. The number of hydrogen-bond donors (Lipinski definition) is 2. The Balaban J connectivity index is 1.46. The fourth-order valence-corrected chi connectivity index (χ4v) is 4.77. The van der Waals surface area contributed by atoms with Crippen molar-refractivity contribution in [1.82, 2.24) is 19.3 Å². The van der Waals surface area contributed by atoms with Crippen molar-refractivity contribution in [2.45, 2.75) is 57.2 Å². The van der Waals surface area contributed by atoms with E-state index in [1.165, 1.54) is 6.26 Å². The van der Waals surface area contributed by atoms with Crippen LogP contribution in [0.4, 0.5) is 5.95 Å². The van der Waals surface area contributed by atoms with Crippen molar-refractivity contribution in [3.05, 3.63) is 18.0 Å². The van der Waals surface area contributed by atoms with Gasteiger partial charge in [0, 0.05) is 36.6 Å². The maximum absolute atomic E-state index is 12.1. The van der Waals surface area contributed by atoms with E-state index in [2.05, 4.69) is 20.0 Å². The summed E-state index contributed by atoms with van der Waals surface area (Å²) in [5.41, 5.74) is 1.53. The van der Waals surface area contributed by atoms with E-state index in [4.69, 9.17) is 0 Å². The molecule has 0 atom stereocenters. The molecule has 8 nitrogen and oxygen atoms in total. The Labute approximate surface area is 152 Å². The lowest BCUT2D eigenvalue weighted by molar-refractivity contribution is 0.0956. The molecule has 26 heavy (non-hydrogen) atoms. The van der Waals surface area contributed by atoms with E-state index in [1.54, 1.807) is 6.20 Å². The second kappa shape index (κ2) is 6.62. The number of rotatable bonds is 4. The van der Waals surface area contributed by atoms with E-state index in [-0.39, 0.29) is 17.9 Å². The number of anilines is 1. The zero-order chi connectivity index (χ0) is 18.3. The standard InChI is InChI=1S/C17H23N5O3S/c1-26(24,25)21-13-6-4-12(5-7-13)19-17-18-10-11-9-14-15(23)3-2-8-22(14)16(11)20-17/h9-10,12-13,21H,2-8H2,1H3,(H,18,19,20). The van der Waals surface area contributed by atoms with E-state index in [1.807, 2.05) is 10.6 Å². The molecule has 3 heterocycles. The average molecular weight is 377 g/mol. The number of Topliss-reactive ketones (excluding diaryl/α,β-unsaturated/α-hetero) is 1. The topological polar surface area (TPSA) is 106 Å². The zero-order valence-electron chi connectivity index (χ0n) is 14.7. The fourth-order valence-electron chi connectivity index (χ4n) is 3.93. The maximum Gasteiger partial charge on any atom is 0.224 e. The van der Waals surface area contributed by atoms with E-state index in [9.17, 15) is 13.2 Å². The first-order valence-corrected chi connectivity index (χ1v) is 10.9. The van der Waals surface area contributed by atoms with Crippen LogP contribution in [0.2, 0.25) is 0 Å². The predicted molar refractivity (Wildman–Crippen MR) is 98.7 cm³/mol. The van der Waals surface area contributed by atoms with Crippen LogP contribution in [0.1, 0.15) is 49.0 Å². The molecule has 9 heteroatoms. The van der Waals surface area contributed by atoms with Crippen LogP contribution in [0, 0.1) is 0 Å². The minimum atomic E-state index is -3.16. The van der Waals surface area contributed by atoms with Crippen LogP contribution in [-0.4, -0.2) is 47.1 Å². The number of aryl methyl sites for hydroxylation is 1. The van der Waals surface area contributed by atoms with Crippen LogP contribution >= 0.6 is 0 Å². The number of hydrogen-bond acceptors (Lipinski definition) is 6. The highest BCUT2D eigenvalue weighted by Crippen LogP contribution is 2.26. The largest absolute Gasteiger partial charge is 0.351 e. The number of aromatic nitrogens is 3. The molecule has 0 saturated heterocycles. The first-order valence-electron chi connectivity index (χ1n) is 9.02. The summed E-state index contributed by atoms with van der Waals surface area (Å²) in [6.45, 7) is 0.809. The smallest absolute Gasteiger partial charge is 0.224 e. The minimum Gasteiger partial charge on any atom is -0.351 e. The quantitative estimate of drug-likeness (QED) is 0.840. The Kier molecular flexibility index (Phi) is 4.44. The van der Waals surface area contributed by atoms with Crippen molar-refractivity contribution >= 4 is 32.8 Å². The number of fused-ring (bicyclic) bond motifs is 3. The summed E-state index contributed by atoms with van der Waals surface area (Å²) >= 11 is 0. The number of carbonyl (C=O) groups excluding carboxylic acids is 1. The van der Waals surface area contributed by atoms with Crippen molar-refractivity contribution in [1.29, 1.82) is 0 Å². The first kappa shape index (κ1) is 17.4. The van der Waals surface area contributed by atoms with Gasteiger partial charge in [0.25, 0.3) is 0 Å². The van der Waals surface area contributed by atoms with Gasteiger partial charge in [0.1, 0.15) is 5.65 Å². The Morgan fingerprint density at radius 1 is 1.19 bits per heavy atom. The molecular formula is C17H23N5O3S. The monoisotopic (exact) mass is 377 g/mol. The van der Waals surface area contributed by atoms with E-state index < -0.39 is 10.0 Å². The molecule has 0 bridgehead atoms. The molecule has 0 spiro atoms. The fraction of sp³-hybridized carbons (Fsp3) is 0.588. The van der Waals surface area contributed by atoms with Gasteiger partial charge in [0.15, 0.2) is 5.78 Å². The summed E-state index contributed by atoms with van der Waals surface area (Å²) in [4.78, 5) is 21.1.